The van der Waals surface area contributed by atoms with Gasteiger partial charge in [0.25, 0.3) is 0 Å². The lowest BCUT2D eigenvalue weighted by Crippen LogP contribution is -2.46. The fraction of sp³-hybridized carbons (Fsp3) is 0.500. The van der Waals surface area contributed by atoms with Crippen LogP contribution >= 0.6 is 11.3 Å². The average molecular weight is 344 g/mol. The molecule has 0 spiro atoms. The Balaban J connectivity index is 1.61. The van der Waals surface area contributed by atoms with Gasteiger partial charge in [0, 0.05) is 55.4 Å². The maximum absolute atomic E-state index is 12.4. The lowest BCUT2D eigenvalue weighted by molar-refractivity contribution is 0.144. The molecular formula is C18H24N4OS. The Hall–Kier alpha value is -1.95. The number of amides is 2. The van der Waals surface area contributed by atoms with Crippen LogP contribution in [0.2, 0.25) is 0 Å². The third-order valence-corrected chi connectivity index (χ3v) is 5.65. The van der Waals surface area contributed by atoms with E-state index >= 15 is 0 Å². The minimum Gasteiger partial charge on any atom is -0.325 e. The molecule has 3 rings (SSSR count). The molecule has 6 heteroatoms. The lowest BCUT2D eigenvalue weighted by atomic mass is 9.97. The number of likely N-dealkylation sites (tertiary alicyclic amines) is 1. The number of piperidine rings is 1. The molecule has 3 heterocycles. The maximum Gasteiger partial charge on any atom is 0.319 e. The van der Waals surface area contributed by atoms with Crippen LogP contribution in [-0.4, -0.2) is 52.0 Å². The first-order valence-electron chi connectivity index (χ1n) is 8.62. The Labute approximate surface area is 147 Å². The molecule has 24 heavy (non-hydrogen) atoms. The summed E-state index contributed by atoms with van der Waals surface area (Å²) in [7, 11) is 0. The van der Waals surface area contributed by atoms with Gasteiger partial charge in [-0.3, -0.25) is 4.98 Å². The Bertz CT molecular complexity index is 661. The molecule has 1 saturated heterocycles. The quantitative estimate of drug-likeness (QED) is 0.846. The van der Waals surface area contributed by atoms with E-state index in [2.05, 4.69) is 10.4 Å². The van der Waals surface area contributed by atoms with Crippen molar-refractivity contribution in [3.8, 4) is 11.3 Å². The van der Waals surface area contributed by atoms with Crippen LogP contribution in [0.15, 0.2) is 29.9 Å². The van der Waals surface area contributed by atoms with Crippen molar-refractivity contribution in [1.29, 1.82) is 0 Å². The number of hydrogen-bond acceptors (Lipinski definition) is 4. The fourth-order valence-corrected chi connectivity index (χ4v) is 4.14. The van der Waals surface area contributed by atoms with Crippen molar-refractivity contribution in [3.05, 3.63) is 34.9 Å². The smallest absolute Gasteiger partial charge is 0.319 e. The van der Waals surface area contributed by atoms with Crippen LogP contribution in [0.4, 0.5) is 4.79 Å². The Morgan fingerprint density at radius 1 is 1.25 bits per heavy atom. The van der Waals surface area contributed by atoms with Crippen molar-refractivity contribution in [3.63, 3.8) is 0 Å². The molecule has 0 saturated carbocycles. The van der Waals surface area contributed by atoms with Gasteiger partial charge in [-0.15, -0.1) is 11.3 Å². The number of thiazole rings is 1. The van der Waals surface area contributed by atoms with Gasteiger partial charge in [-0.2, -0.15) is 0 Å². The zero-order valence-electron chi connectivity index (χ0n) is 14.3. The predicted octanol–water partition coefficient (Wildman–Crippen LogP) is 3.85. The van der Waals surface area contributed by atoms with E-state index in [-0.39, 0.29) is 6.03 Å². The van der Waals surface area contributed by atoms with Crippen molar-refractivity contribution in [1.82, 2.24) is 19.8 Å². The fourth-order valence-electron chi connectivity index (χ4n) is 3.14. The molecule has 1 aliphatic heterocycles. The molecule has 1 aliphatic rings. The lowest BCUT2D eigenvalue weighted by Gasteiger charge is -2.34. The van der Waals surface area contributed by atoms with E-state index in [4.69, 9.17) is 4.98 Å². The van der Waals surface area contributed by atoms with Gasteiger partial charge in [0.15, 0.2) is 0 Å². The summed E-state index contributed by atoms with van der Waals surface area (Å²) < 4.78 is 0. The normalized spacial score (nSPS) is 15.5. The summed E-state index contributed by atoms with van der Waals surface area (Å²) in [5.41, 5.74) is 2.14. The van der Waals surface area contributed by atoms with E-state index in [9.17, 15) is 4.79 Å². The third-order valence-electron chi connectivity index (χ3n) is 4.65. The van der Waals surface area contributed by atoms with E-state index in [1.165, 1.54) is 5.01 Å². The first-order valence-corrected chi connectivity index (χ1v) is 9.50. The summed E-state index contributed by atoms with van der Waals surface area (Å²) >= 11 is 1.73. The van der Waals surface area contributed by atoms with Gasteiger partial charge in [0.2, 0.25) is 0 Å². The molecule has 0 radical (unpaired) electrons. The van der Waals surface area contributed by atoms with Crippen molar-refractivity contribution < 1.29 is 4.79 Å². The van der Waals surface area contributed by atoms with Crippen LogP contribution in [-0.2, 0) is 0 Å². The molecule has 2 aromatic rings. The summed E-state index contributed by atoms with van der Waals surface area (Å²) in [5.74, 6) is 0.464. The molecule has 0 unspecified atom stereocenters. The van der Waals surface area contributed by atoms with Gasteiger partial charge in [0.05, 0.1) is 10.7 Å². The highest BCUT2D eigenvalue weighted by molar-refractivity contribution is 7.10. The van der Waals surface area contributed by atoms with Crippen LogP contribution in [0.3, 0.4) is 0 Å². The van der Waals surface area contributed by atoms with Crippen molar-refractivity contribution in [2.45, 2.75) is 32.6 Å². The second-order valence-corrected chi connectivity index (χ2v) is 6.91. The van der Waals surface area contributed by atoms with Gasteiger partial charge >= 0.3 is 6.03 Å². The van der Waals surface area contributed by atoms with Crippen LogP contribution in [0.5, 0.6) is 0 Å². The van der Waals surface area contributed by atoms with Crippen LogP contribution in [0.25, 0.3) is 11.3 Å². The Morgan fingerprint density at radius 3 is 2.54 bits per heavy atom. The first-order chi connectivity index (χ1) is 11.7. The maximum atomic E-state index is 12.4. The molecular weight excluding hydrogens is 320 g/mol. The second-order valence-electron chi connectivity index (χ2n) is 6.02. The van der Waals surface area contributed by atoms with Crippen LogP contribution < -0.4 is 0 Å². The largest absolute Gasteiger partial charge is 0.325 e. The Morgan fingerprint density at radius 2 is 1.92 bits per heavy atom. The van der Waals surface area contributed by atoms with Gasteiger partial charge in [-0.05, 0) is 38.8 Å². The monoisotopic (exact) mass is 344 g/mol. The number of hydrogen-bond donors (Lipinski definition) is 0. The van der Waals surface area contributed by atoms with Gasteiger partial charge in [-0.25, -0.2) is 9.78 Å². The van der Waals surface area contributed by atoms with Gasteiger partial charge in [-0.1, -0.05) is 0 Å². The van der Waals surface area contributed by atoms with E-state index in [1.54, 1.807) is 23.7 Å². The highest BCUT2D eigenvalue weighted by Gasteiger charge is 2.27. The zero-order chi connectivity index (χ0) is 16.9. The number of carbonyl (C=O) groups excluding carboxylic acids is 1. The molecule has 0 atom stereocenters. The molecule has 1 fully saturated rings. The summed E-state index contributed by atoms with van der Waals surface area (Å²) in [6, 6.07) is 4.16. The first kappa shape index (κ1) is 16.9. The van der Waals surface area contributed by atoms with E-state index in [0.717, 1.165) is 50.3 Å². The van der Waals surface area contributed by atoms with Gasteiger partial charge < -0.3 is 9.80 Å². The number of nitrogens with zero attached hydrogens (tertiary/aromatic N) is 4. The molecule has 0 aromatic carbocycles. The summed E-state index contributed by atoms with van der Waals surface area (Å²) in [6.07, 6.45) is 5.59. The highest BCUT2D eigenvalue weighted by Crippen LogP contribution is 2.33. The molecule has 2 amide bonds. The van der Waals surface area contributed by atoms with Crippen molar-refractivity contribution in [2.24, 2.45) is 0 Å². The van der Waals surface area contributed by atoms with Gasteiger partial charge in [0.1, 0.15) is 0 Å². The van der Waals surface area contributed by atoms with Crippen LogP contribution in [0, 0.1) is 0 Å². The summed E-state index contributed by atoms with van der Waals surface area (Å²) in [6.45, 7) is 7.26. The summed E-state index contributed by atoms with van der Waals surface area (Å²) in [5, 5.41) is 3.31. The van der Waals surface area contributed by atoms with Crippen molar-refractivity contribution >= 4 is 17.4 Å². The molecule has 0 aliphatic carbocycles. The standard InChI is InChI=1S/C18H24N4OS/c1-3-21(4-2)18(23)22-11-7-15(8-12-22)17-20-16(13-24-17)14-5-9-19-10-6-14/h5-6,9-10,13,15H,3-4,7-8,11-12H2,1-2H3. The summed E-state index contributed by atoms with van der Waals surface area (Å²) in [4.78, 5) is 25.2. The topological polar surface area (TPSA) is 49.3 Å². The van der Waals surface area contributed by atoms with E-state index in [0.29, 0.717) is 5.92 Å². The molecule has 0 N–H and O–H groups in total. The SMILES string of the molecule is CCN(CC)C(=O)N1CCC(c2nc(-c3ccncc3)cs2)CC1. The van der Waals surface area contributed by atoms with Crippen LogP contribution in [0.1, 0.15) is 37.6 Å². The predicted molar refractivity (Wildman–Crippen MR) is 97.2 cm³/mol. The number of carbonyl (C=O) groups is 1. The van der Waals surface area contributed by atoms with Crippen molar-refractivity contribution in [2.75, 3.05) is 26.2 Å². The molecule has 5 nitrogen and oxygen atoms in total. The van der Waals surface area contributed by atoms with E-state index < -0.39 is 0 Å². The number of aromatic nitrogens is 2. The molecule has 128 valence electrons. The number of urea groups is 1. The minimum atomic E-state index is 0.176. The minimum absolute atomic E-state index is 0.176. The number of rotatable bonds is 4. The highest BCUT2D eigenvalue weighted by atomic mass is 32.1. The average Bonchev–Trinajstić information content (AvgIpc) is 3.14. The second kappa shape index (κ2) is 7.75. The molecule has 2 aromatic heterocycles. The Kier molecular flexibility index (Phi) is 5.45. The zero-order valence-corrected chi connectivity index (χ0v) is 15.1. The third kappa shape index (κ3) is 3.59. The molecule has 0 bridgehead atoms. The van der Waals surface area contributed by atoms with E-state index in [1.807, 2.05) is 35.8 Å². The number of pyridine rings is 1.